The van der Waals surface area contributed by atoms with Gasteiger partial charge in [0.1, 0.15) is 16.5 Å². The lowest BCUT2D eigenvalue weighted by atomic mass is 10.2. The fourth-order valence-electron chi connectivity index (χ4n) is 2.17. The van der Waals surface area contributed by atoms with Crippen molar-refractivity contribution >= 4 is 21.5 Å². The SMILES string of the molecule is COc1ccc(C)cc1S(=O)(=O)Nc1ccc(NCCN(C)C)cn1. The topological polar surface area (TPSA) is 83.6 Å². The zero-order chi connectivity index (χ0) is 18.4. The zero-order valence-corrected chi connectivity index (χ0v) is 15.7. The van der Waals surface area contributed by atoms with Gasteiger partial charge in [-0.3, -0.25) is 4.72 Å². The summed E-state index contributed by atoms with van der Waals surface area (Å²) in [7, 11) is 1.65. The fourth-order valence-corrected chi connectivity index (χ4v) is 3.43. The third kappa shape index (κ3) is 5.33. The molecule has 0 saturated heterocycles. The Hall–Kier alpha value is -2.32. The van der Waals surface area contributed by atoms with Crippen molar-refractivity contribution in [2.75, 3.05) is 44.3 Å². The maximum absolute atomic E-state index is 12.6. The molecule has 0 aliphatic heterocycles. The van der Waals surface area contributed by atoms with Gasteiger partial charge in [0.2, 0.25) is 0 Å². The van der Waals surface area contributed by atoms with Gasteiger partial charge < -0.3 is 15.0 Å². The predicted octanol–water partition coefficient (Wildman–Crippen LogP) is 2.17. The van der Waals surface area contributed by atoms with Crippen LogP contribution in [0.4, 0.5) is 11.5 Å². The van der Waals surface area contributed by atoms with Gasteiger partial charge in [-0.1, -0.05) is 6.07 Å². The van der Waals surface area contributed by atoms with Crippen molar-refractivity contribution in [3.05, 3.63) is 42.1 Å². The number of nitrogens with one attached hydrogen (secondary N) is 2. The summed E-state index contributed by atoms with van der Waals surface area (Å²) in [4.78, 5) is 6.31. The van der Waals surface area contributed by atoms with Crippen molar-refractivity contribution in [2.24, 2.45) is 0 Å². The molecule has 25 heavy (non-hydrogen) atoms. The Kier molecular flexibility index (Phi) is 6.22. The van der Waals surface area contributed by atoms with Gasteiger partial charge in [0, 0.05) is 13.1 Å². The maximum atomic E-state index is 12.6. The lowest BCUT2D eigenvalue weighted by Gasteiger charge is -2.13. The normalized spacial score (nSPS) is 11.4. The summed E-state index contributed by atoms with van der Waals surface area (Å²) in [5.41, 5.74) is 1.66. The van der Waals surface area contributed by atoms with Crippen LogP contribution < -0.4 is 14.8 Å². The molecule has 0 spiro atoms. The number of benzene rings is 1. The average molecular weight is 364 g/mol. The van der Waals surface area contributed by atoms with Crippen LogP contribution in [-0.2, 0) is 10.0 Å². The molecule has 1 aromatic carbocycles. The van der Waals surface area contributed by atoms with Gasteiger partial charge in [0.05, 0.1) is 19.0 Å². The van der Waals surface area contributed by atoms with Crippen molar-refractivity contribution in [1.82, 2.24) is 9.88 Å². The first-order chi connectivity index (χ1) is 11.8. The minimum Gasteiger partial charge on any atom is -0.495 e. The fraction of sp³-hybridized carbons (Fsp3) is 0.353. The molecule has 0 aliphatic rings. The van der Waals surface area contributed by atoms with Crippen molar-refractivity contribution in [3.63, 3.8) is 0 Å². The number of pyridine rings is 1. The second-order valence-corrected chi connectivity index (χ2v) is 7.57. The summed E-state index contributed by atoms with van der Waals surface area (Å²) in [5, 5.41) is 3.22. The van der Waals surface area contributed by atoms with E-state index in [2.05, 4.69) is 19.9 Å². The number of anilines is 2. The highest BCUT2D eigenvalue weighted by atomic mass is 32.2. The van der Waals surface area contributed by atoms with Gasteiger partial charge in [0.15, 0.2) is 0 Å². The number of hydrogen-bond acceptors (Lipinski definition) is 6. The molecule has 7 nitrogen and oxygen atoms in total. The van der Waals surface area contributed by atoms with E-state index in [-0.39, 0.29) is 10.7 Å². The minimum atomic E-state index is -3.78. The molecular formula is C17H24N4O3S. The lowest BCUT2D eigenvalue weighted by Crippen LogP contribution is -2.20. The number of aryl methyl sites for hydroxylation is 1. The van der Waals surface area contributed by atoms with Crippen LogP contribution in [0.2, 0.25) is 0 Å². The first-order valence-corrected chi connectivity index (χ1v) is 9.32. The molecule has 0 radical (unpaired) electrons. The molecule has 0 aliphatic carbocycles. The van der Waals surface area contributed by atoms with Crippen LogP contribution in [0.15, 0.2) is 41.4 Å². The number of hydrogen-bond donors (Lipinski definition) is 2. The van der Waals surface area contributed by atoms with Gasteiger partial charge in [-0.15, -0.1) is 0 Å². The van der Waals surface area contributed by atoms with E-state index in [9.17, 15) is 8.42 Å². The number of aromatic nitrogens is 1. The second-order valence-electron chi connectivity index (χ2n) is 5.92. The van der Waals surface area contributed by atoms with Crippen molar-refractivity contribution < 1.29 is 13.2 Å². The number of nitrogens with zero attached hydrogens (tertiary/aromatic N) is 2. The Bertz CT molecular complexity index is 805. The summed E-state index contributed by atoms with van der Waals surface area (Å²) in [6.45, 7) is 3.49. The summed E-state index contributed by atoms with van der Waals surface area (Å²) >= 11 is 0. The third-order valence-electron chi connectivity index (χ3n) is 3.50. The van der Waals surface area contributed by atoms with Crippen LogP contribution in [-0.4, -0.2) is 52.6 Å². The number of methoxy groups -OCH3 is 1. The highest BCUT2D eigenvalue weighted by molar-refractivity contribution is 7.92. The van der Waals surface area contributed by atoms with Gasteiger partial charge in [0.25, 0.3) is 10.0 Å². The molecule has 2 rings (SSSR count). The number of likely N-dealkylation sites (N-methyl/N-ethyl adjacent to an activating group) is 1. The average Bonchev–Trinajstić information content (AvgIpc) is 2.56. The molecule has 0 fully saturated rings. The van der Waals surface area contributed by atoms with Gasteiger partial charge in [-0.25, -0.2) is 13.4 Å². The summed E-state index contributed by atoms with van der Waals surface area (Å²) in [5.74, 6) is 0.543. The van der Waals surface area contributed by atoms with E-state index in [1.807, 2.05) is 21.0 Å². The Morgan fingerprint density at radius 3 is 2.56 bits per heavy atom. The first kappa shape index (κ1) is 19.0. The van der Waals surface area contributed by atoms with E-state index >= 15 is 0 Å². The molecule has 0 atom stereocenters. The van der Waals surface area contributed by atoms with E-state index in [0.29, 0.717) is 5.75 Å². The highest BCUT2D eigenvalue weighted by Gasteiger charge is 2.20. The molecule has 2 N–H and O–H groups in total. The molecule has 0 unspecified atom stereocenters. The Balaban J connectivity index is 2.12. The quantitative estimate of drug-likeness (QED) is 0.747. The van der Waals surface area contributed by atoms with E-state index in [0.717, 1.165) is 24.3 Å². The van der Waals surface area contributed by atoms with Crippen LogP contribution in [0.5, 0.6) is 5.75 Å². The standard InChI is InChI=1S/C17H24N4O3S/c1-13-5-7-15(24-4)16(11-13)25(22,23)20-17-8-6-14(12-19-17)18-9-10-21(2)3/h5-8,11-12,18H,9-10H2,1-4H3,(H,19,20). The summed E-state index contributed by atoms with van der Waals surface area (Å²) in [6.07, 6.45) is 1.60. The van der Waals surface area contributed by atoms with Crippen LogP contribution in [0, 0.1) is 6.92 Å². The van der Waals surface area contributed by atoms with Gasteiger partial charge in [-0.2, -0.15) is 0 Å². The van der Waals surface area contributed by atoms with Crippen LogP contribution in [0.3, 0.4) is 0 Å². The van der Waals surface area contributed by atoms with Crippen LogP contribution in [0.1, 0.15) is 5.56 Å². The minimum absolute atomic E-state index is 0.0879. The van der Waals surface area contributed by atoms with Gasteiger partial charge in [-0.05, 0) is 50.8 Å². The molecule has 1 aromatic heterocycles. The van der Waals surface area contributed by atoms with Crippen molar-refractivity contribution in [3.8, 4) is 5.75 Å². The van der Waals surface area contributed by atoms with Crippen molar-refractivity contribution in [1.29, 1.82) is 0 Å². The molecule has 136 valence electrons. The third-order valence-corrected chi connectivity index (χ3v) is 4.88. The number of sulfonamides is 1. The first-order valence-electron chi connectivity index (χ1n) is 7.84. The van der Waals surface area contributed by atoms with E-state index < -0.39 is 10.0 Å². The molecule has 1 heterocycles. The Labute approximate surface area is 149 Å². The Morgan fingerprint density at radius 2 is 1.96 bits per heavy atom. The van der Waals surface area contributed by atoms with E-state index in [1.165, 1.54) is 7.11 Å². The number of ether oxygens (including phenoxy) is 1. The maximum Gasteiger partial charge on any atom is 0.266 e. The van der Waals surface area contributed by atoms with E-state index in [1.54, 1.807) is 36.5 Å². The monoisotopic (exact) mass is 364 g/mol. The molecule has 0 bridgehead atoms. The van der Waals surface area contributed by atoms with Crippen LogP contribution in [0.25, 0.3) is 0 Å². The molecule has 2 aromatic rings. The zero-order valence-electron chi connectivity index (χ0n) is 14.9. The van der Waals surface area contributed by atoms with Crippen molar-refractivity contribution in [2.45, 2.75) is 11.8 Å². The molecule has 8 heteroatoms. The van der Waals surface area contributed by atoms with Gasteiger partial charge >= 0.3 is 0 Å². The summed E-state index contributed by atoms with van der Waals surface area (Å²) in [6, 6.07) is 8.41. The van der Waals surface area contributed by atoms with Crippen LogP contribution >= 0.6 is 0 Å². The molecule has 0 amide bonds. The van der Waals surface area contributed by atoms with E-state index in [4.69, 9.17) is 4.74 Å². The largest absolute Gasteiger partial charge is 0.495 e. The second kappa shape index (κ2) is 8.17. The highest BCUT2D eigenvalue weighted by Crippen LogP contribution is 2.26. The molecule has 0 saturated carbocycles. The number of rotatable bonds is 8. The smallest absolute Gasteiger partial charge is 0.266 e. The predicted molar refractivity (Wildman–Crippen MR) is 99.8 cm³/mol. The molecular weight excluding hydrogens is 340 g/mol. The lowest BCUT2D eigenvalue weighted by molar-refractivity contribution is 0.402. The summed E-state index contributed by atoms with van der Waals surface area (Å²) < 4.78 is 32.9. The Morgan fingerprint density at radius 1 is 1.20 bits per heavy atom.